The van der Waals surface area contributed by atoms with Crippen molar-refractivity contribution in [2.75, 3.05) is 20.2 Å². The molecule has 1 fully saturated rings. The Labute approximate surface area is 124 Å². The van der Waals surface area contributed by atoms with Crippen molar-refractivity contribution in [1.29, 1.82) is 0 Å². The van der Waals surface area contributed by atoms with Crippen LogP contribution >= 0.6 is 31.9 Å². The predicted molar refractivity (Wildman–Crippen MR) is 78.5 cm³/mol. The fraction of sp³-hybridized carbons (Fsp3) is 0.462. The lowest BCUT2D eigenvalue weighted by Crippen LogP contribution is -2.40. The number of carbonyl (C=O) groups excluding carboxylic acids is 1. The molecule has 1 unspecified atom stereocenters. The molecule has 2 rings (SSSR count). The summed E-state index contributed by atoms with van der Waals surface area (Å²) in [5.41, 5.74) is 0.627. The average molecular weight is 377 g/mol. The van der Waals surface area contributed by atoms with Gasteiger partial charge in [-0.3, -0.25) is 4.79 Å². The molecule has 1 amide bonds. The van der Waals surface area contributed by atoms with Crippen LogP contribution in [-0.2, 0) is 0 Å². The first-order valence-electron chi connectivity index (χ1n) is 5.88. The number of rotatable bonds is 2. The summed E-state index contributed by atoms with van der Waals surface area (Å²) in [4.78, 5) is 14.7. The summed E-state index contributed by atoms with van der Waals surface area (Å²) in [7, 11) is 1.59. The molecule has 3 nitrogen and oxygen atoms in total. The number of alkyl halides is 1. The van der Waals surface area contributed by atoms with Gasteiger partial charge < -0.3 is 9.64 Å². The molecule has 1 aliphatic heterocycles. The normalized spacial score (nSPS) is 19.7. The Hall–Kier alpha value is -0.550. The van der Waals surface area contributed by atoms with Gasteiger partial charge in [0.1, 0.15) is 5.75 Å². The molecule has 0 aliphatic carbocycles. The highest BCUT2D eigenvalue weighted by Crippen LogP contribution is 2.26. The third kappa shape index (κ3) is 3.06. The van der Waals surface area contributed by atoms with E-state index in [9.17, 15) is 4.79 Å². The minimum Gasteiger partial charge on any atom is -0.496 e. The molecular formula is C13H15Br2NO2. The van der Waals surface area contributed by atoms with Crippen molar-refractivity contribution in [3.63, 3.8) is 0 Å². The van der Waals surface area contributed by atoms with E-state index in [4.69, 9.17) is 4.74 Å². The van der Waals surface area contributed by atoms with Crippen LogP contribution < -0.4 is 4.74 Å². The summed E-state index contributed by atoms with van der Waals surface area (Å²) in [6, 6.07) is 5.50. The highest BCUT2D eigenvalue weighted by molar-refractivity contribution is 9.10. The summed E-state index contributed by atoms with van der Waals surface area (Å²) in [6.07, 6.45) is 2.17. The number of halogens is 2. The SMILES string of the molecule is COc1cc(Br)ccc1C(=O)N1CCCC(Br)C1. The summed E-state index contributed by atoms with van der Waals surface area (Å²) >= 11 is 6.96. The Balaban J connectivity index is 2.22. The molecular weight excluding hydrogens is 362 g/mol. The lowest BCUT2D eigenvalue weighted by atomic mass is 10.1. The Morgan fingerprint density at radius 1 is 1.50 bits per heavy atom. The van der Waals surface area contributed by atoms with Gasteiger partial charge in [-0.2, -0.15) is 0 Å². The van der Waals surface area contributed by atoms with E-state index in [-0.39, 0.29) is 5.91 Å². The number of methoxy groups -OCH3 is 1. The van der Waals surface area contributed by atoms with Crippen LogP contribution in [0.2, 0.25) is 0 Å². The van der Waals surface area contributed by atoms with E-state index in [0.717, 1.165) is 30.4 Å². The molecule has 0 N–H and O–H groups in total. The zero-order chi connectivity index (χ0) is 13.1. The quantitative estimate of drug-likeness (QED) is 0.739. The molecule has 1 aromatic carbocycles. The Kier molecular flexibility index (Phi) is 4.67. The second-order valence-corrected chi connectivity index (χ2v) is 6.55. The first-order valence-corrected chi connectivity index (χ1v) is 7.59. The Bertz CT molecular complexity index is 451. The van der Waals surface area contributed by atoms with Crippen LogP contribution in [-0.4, -0.2) is 35.8 Å². The lowest BCUT2D eigenvalue weighted by Gasteiger charge is -2.30. The molecule has 1 heterocycles. The van der Waals surface area contributed by atoms with Crippen LogP contribution in [0.4, 0.5) is 0 Å². The molecule has 0 bridgehead atoms. The summed E-state index contributed by atoms with van der Waals surface area (Å²) < 4.78 is 6.19. The van der Waals surface area contributed by atoms with E-state index in [1.165, 1.54) is 0 Å². The third-order valence-electron chi connectivity index (χ3n) is 3.05. The van der Waals surface area contributed by atoms with Crippen molar-refractivity contribution in [1.82, 2.24) is 4.90 Å². The van der Waals surface area contributed by atoms with E-state index in [2.05, 4.69) is 31.9 Å². The smallest absolute Gasteiger partial charge is 0.257 e. The van der Waals surface area contributed by atoms with Gasteiger partial charge in [-0.1, -0.05) is 31.9 Å². The highest BCUT2D eigenvalue weighted by atomic mass is 79.9. The molecule has 5 heteroatoms. The monoisotopic (exact) mass is 375 g/mol. The van der Waals surface area contributed by atoms with E-state index < -0.39 is 0 Å². The molecule has 0 spiro atoms. The van der Waals surface area contributed by atoms with Gasteiger partial charge in [0, 0.05) is 22.4 Å². The van der Waals surface area contributed by atoms with E-state index in [0.29, 0.717) is 16.1 Å². The highest BCUT2D eigenvalue weighted by Gasteiger charge is 2.24. The van der Waals surface area contributed by atoms with Crippen molar-refractivity contribution in [3.05, 3.63) is 28.2 Å². The molecule has 1 atom stereocenters. The van der Waals surface area contributed by atoms with Crippen molar-refractivity contribution in [2.24, 2.45) is 0 Å². The number of benzene rings is 1. The standard InChI is InChI=1S/C13H15Br2NO2/c1-18-12-7-9(14)4-5-11(12)13(17)16-6-2-3-10(15)8-16/h4-5,7,10H,2-3,6,8H2,1H3. The number of carbonyl (C=O) groups is 1. The first-order chi connectivity index (χ1) is 8.61. The number of ether oxygens (including phenoxy) is 1. The second kappa shape index (κ2) is 6.06. The van der Waals surface area contributed by atoms with Gasteiger partial charge in [0.15, 0.2) is 0 Å². The molecule has 98 valence electrons. The van der Waals surface area contributed by atoms with E-state index >= 15 is 0 Å². The molecule has 1 aliphatic rings. The van der Waals surface area contributed by atoms with Crippen LogP contribution in [0.5, 0.6) is 5.75 Å². The molecule has 18 heavy (non-hydrogen) atoms. The Morgan fingerprint density at radius 2 is 2.28 bits per heavy atom. The molecule has 1 aromatic rings. The van der Waals surface area contributed by atoms with Gasteiger partial charge in [0.2, 0.25) is 0 Å². The molecule has 0 aromatic heterocycles. The average Bonchev–Trinajstić information content (AvgIpc) is 2.37. The number of nitrogens with zero attached hydrogens (tertiary/aromatic N) is 1. The number of piperidine rings is 1. The van der Waals surface area contributed by atoms with E-state index in [1.807, 2.05) is 23.1 Å². The van der Waals surface area contributed by atoms with Crippen molar-refractivity contribution in [2.45, 2.75) is 17.7 Å². The maximum absolute atomic E-state index is 12.4. The van der Waals surface area contributed by atoms with Gasteiger partial charge in [0.05, 0.1) is 12.7 Å². The molecule has 1 saturated heterocycles. The van der Waals surface area contributed by atoms with Gasteiger partial charge >= 0.3 is 0 Å². The van der Waals surface area contributed by atoms with Crippen LogP contribution in [0.1, 0.15) is 23.2 Å². The van der Waals surface area contributed by atoms with Crippen molar-refractivity contribution < 1.29 is 9.53 Å². The van der Waals surface area contributed by atoms with Crippen LogP contribution in [0.25, 0.3) is 0 Å². The van der Waals surface area contributed by atoms with Gasteiger partial charge in [0.25, 0.3) is 5.91 Å². The lowest BCUT2D eigenvalue weighted by molar-refractivity contribution is 0.0726. The van der Waals surface area contributed by atoms with Crippen molar-refractivity contribution in [3.8, 4) is 5.75 Å². The maximum Gasteiger partial charge on any atom is 0.257 e. The molecule has 0 saturated carbocycles. The van der Waals surface area contributed by atoms with Gasteiger partial charge in [-0.25, -0.2) is 0 Å². The van der Waals surface area contributed by atoms with Crippen LogP contribution in [0.3, 0.4) is 0 Å². The number of hydrogen-bond acceptors (Lipinski definition) is 2. The minimum atomic E-state index is 0.0449. The van der Waals surface area contributed by atoms with E-state index in [1.54, 1.807) is 7.11 Å². The number of amides is 1. The summed E-state index contributed by atoms with van der Waals surface area (Å²) in [6.45, 7) is 1.58. The summed E-state index contributed by atoms with van der Waals surface area (Å²) in [5, 5.41) is 0. The fourth-order valence-electron chi connectivity index (χ4n) is 2.12. The zero-order valence-corrected chi connectivity index (χ0v) is 13.3. The minimum absolute atomic E-state index is 0.0449. The first kappa shape index (κ1) is 13.9. The largest absolute Gasteiger partial charge is 0.496 e. The zero-order valence-electron chi connectivity index (χ0n) is 10.2. The van der Waals surface area contributed by atoms with Crippen LogP contribution in [0, 0.1) is 0 Å². The summed E-state index contributed by atoms with van der Waals surface area (Å²) in [5.74, 6) is 0.662. The fourth-order valence-corrected chi connectivity index (χ4v) is 3.14. The third-order valence-corrected chi connectivity index (χ3v) is 4.29. The van der Waals surface area contributed by atoms with Gasteiger partial charge in [-0.15, -0.1) is 0 Å². The Morgan fingerprint density at radius 3 is 2.94 bits per heavy atom. The second-order valence-electron chi connectivity index (χ2n) is 4.34. The van der Waals surface area contributed by atoms with Crippen LogP contribution in [0.15, 0.2) is 22.7 Å². The number of hydrogen-bond donors (Lipinski definition) is 0. The topological polar surface area (TPSA) is 29.5 Å². The molecule has 0 radical (unpaired) electrons. The van der Waals surface area contributed by atoms with Gasteiger partial charge in [-0.05, 0) is 31.0 Å². The predicted octanol–water partition coefficient (Wildman–Crippen LogP) is 3.46. The maximum atomic E-state index is 12.4. The number of likely N-dealkylation sites (tertiary alicyclic amines) is 1. The van der Waals surface area contributed by atoms with Crippen molar-refractivity contribution >= 4 is 37.8 Å².